The fraction of sp³-hybridized carbons (Fsp3) is 0.312. The molecular weight excluding hydrogens is 316 g/mol. The highest BCUT2D eigenvalue weighted by Crippen LogP contribution is 2.24. The molecule has 0 spiro atoms. The Morgan fingerprint density at radius 1 is 1.20 bits per heavy atom. The van der Waals surface area contributed by atoms with Gasteiger partial charge in [0.05, 0.1) is 5.69 Å². The summed E-state index contributed by atoms with van der Waals surface area (Å²) in [5, 5.41) is 3.38. The topological polar surface area (TPSA) is 34.1 Å². The third kappa shape index (κ3) is 4.94. The summed E-state index contributed by atoms with van der Waals surface area (Å²) in [5.41, 5.74) is 0.984. The van der Waals surface area contributed by atoms with E-state index in [2.05, 4.69) is 40.1 Å². The monoisotopic (exact) mass is 334 g/mol. The summed E-state index contributed by atoms with van der Waals surface area (Å²) in [5.74, 6) is 2.25. The summed E-state index contributed by atoms with van der Waals surface area (Å²) in [4.78, 5) is 4.34. The molecule has 4 heteroatoms. The minimum atomic E-state index is 0.635. The van der Waals surface area contributed by atoms with Gasteiger partial charge in [-0.25, -0.2) is 0 Å². The van der Waals surface area contributed by atoms with Crippen LogP contribution in [0.15, 0.2) is 47.1 Å². The molecule has 1 aromatic carbocycles. The minimum Gasteiger partial charge on any atom is -0.457 e. The molecule has 2 aromatic rings. The molecule has 0 unspecified atom stereocenters. The van der Waals surface area contributed by atoms with Crippen molar-refractivity contribution in [3.8, 4) is 11.5 Å². The Labute approximate surface area is 128 Å². The predicted octanol–water partition coefficient (Wildman–Crippen LogP) is 4.38. The fourth-order valence-corrected chi connectivity index (χ4v) is 2.15. The average molecular weight is 335 g/mol. The van der Waals surface area contributed by atoms with Gasteiger partial charge in [-0.1, -0.05) is 35.8 Å². The highest BCUT2D eigenvalue weighted by Gasteiger charge is 2.01. The molecule has 0 bridgehead atoms. The highest BCUT2D eigenvalue weighted by molar-refractivity contribution is 9.10. The molecule has 3 nitrogen and oxygen atoms in total. The molecule has 0 radical (unpaired) electrons. The third-order valence-electron chi connectivity index (χ3n) is 2.68. The van der Waals surface area contributed by atoms with Crippen LogP contribution in [-0.4, -0.2) is 11.5 Å². The van der Waals surface area contributed by atoms with E-state index in [-0.39, 0.29) is 0 Å². The van der Waals surface area contributed by atoms with Crippen molar-refractivity contribution in [1.82, 2.24) is 10.3 Å². The van der Waals surface area contributed by atoms with Gasteiger partial charge in [0.1, 0.15) is 11.5 Å². The lowest BCUT2D eigenvalue weighted by Gasteiger charge is -2.09. The number of ether oxygens (including phenoxy) is 1. The Balaban J connectivity index is 1.99. The minimum absolute atomic E-state index is 0.635. The van der Waals surface area contributed by atoms with Crippen molar-refractivity contribution in [1.29, 1.82) is 0 Å². The molecule has 0 fully saturated rings. The number of nitrogens with zero attached hydrogens (tertiary/aromatic N) is 1. The number of benzene rings is 1. The molecule has 0 aliphatic heterocycles. The van der Waals surface area contributed by atoms with Gasteiger partial charge in [-0.3, -0.25) is 4.98 Å². The molecule has 106 valence electrons. The van der Waals surface area contributed by atoms with Gasteiger partial charge < -0.3 is 10.1 Å². The number of hydrogen-bond donors (Lipinski definition) is 1. The molecule has 1 aromatic heterocycles. The lowest BCUT2D eigenvalue weighted by atomic mass is 10.2. The number of nitrogens with one attached hydrogen (secondary N) is 1. The van der Waals surface area contributed by atoms with Gasteiger partial charge >= 0.3 is 0 Å². The third-order valence-corrected chi connectivity index (χ3v) is 3.17. The number of pyridine rings is 1. The quantitative estimate of drug-likeness (QED) is 0.851. The van der Waals surface area contributed by atoms with Crippen molar-refractivity contribution in [2.24, 2.45) is 5.92 Å². The van der Waals surface area contributed by atoms with Gasteiger partial charge in [0.15, 0.2) is 0 Å². The maximum absolute atomic E-state index is 5.83. The van der Waals surface area contributed by atoms with Crippen molar-refractivity contribution in [3.63, 3.8) is 0 Å². The molecule has 2 rings (SSSR count). The molecule has 1 heterocycles. The van der Waals surface area contributed by atoms with Gasteiger partial charge in [0.2, 0.25) is 0 Å². The smallest absolute Gasteiger partial charge is 0.130 e. The van der Waals surface area contributed by atoms with Crippen molar-refractivity contribution in [2.45, 2.75) is 20.4 Å². The Kier molecular flexibility index (Phi) is 5.56. The normalized spacial score (nSPS) is 10.8. The van der Waals surface area contributed by atoms with Crippen molar-refractivity contribution in [2.75, 3.05) is 6.54 Å². The van der Waals surface area contributed by atoms with Gasteiger partial charge in [-0.05, 0) is 36.7 Å². The molecule has 1 N–H and O–H groups in total. The van der Waals surface area contributed by atoms with Crippen molar-refractivity contribution in [3.05, 3.63) is 52.8 Å². The summed E-state index contributed by atoms with van der Waals surface area (Å²) < 4.78 is 6.83. The Bertz CT molecular complexity index is 558. The second-order valence-corrected chi connectivity index (χ2v) is 5.98. The van der Waals surface area contributed by atoms with Crippen LogP contribution in [0.25, 0.3) is 0 Å². The summed E-state index contributed by atoms with van der Waals surface area (Å²) in [6.07, 6.45) is 1.78. The van der Waals surface area contributed by atoms with Crippen LogP contribution in [0.2, 0.25) is 0 Å². The SMILES string of the molecule is CC(C)CNCc1cc(Oc2cccc(Br)c2)ccn1. The lowest BCUT2D eigenvalue weighted by molar-refractivity contribution is 0.479. The van der Waals surface area contributed by atoms with Gasteiger partial charge in [-0.15, -0.1) is 0 Å². The van der Waals surface area contributed by atoms with Crippen LogP contribution in [0.3, 0.4) is 0 Å². The molecule has 0 aliphatic rings. The van der Waals surface area contributed by atoms with E-state index in [0.29, 0.717) is 5.92 Å². The average Bonchev–Trinajstić information content (AvgIpc) is 2.39. The van der Waals surface area contributed by atoms with E-state index in [1.54, 1.807) is 6.20 Å². The van der Waals surface area contributed by atoms with Crippen LogP contribution in [0, 0.1) is 5.92 Å². The van der Waals surface area contributed by atoms with E-state index in [0.717, 1.165) is 34.8 Å². The second-order valence-electron chi connectivity index (χ2n) is 5.07. The van der Waals surface area contributed by atoms with Crippen molar-refractivity contribution >= 4 is 15.9 Å². The van der Waals surface area contributed by atoms with Crippen LogP contribution >= 0.6 is 15.9 Å². The number of rotatable bonds is 6. The first-order valence-electron chi connectivity index (χ1n) is 6.72. The van der Waals surface area contributed by atoms with Crippen LogP contribution < -0.4 is 10.1 Å². The van der Waals surface area contributed by atoms with Crippen LogP contribution in [0.4, 0.5) is 0 Å². The van der Waals surface area contributed by atoms with Gasteiger partial charge in [-0.2, -0.15) is 0 Å². The Morgan fingerprint density at radius 2 is 2.00 bits per heavy atom. The summed E-state index contributed by atoms with van der Waals surface area (Å²) in [6, 6.07) is 11.6. The first kappa shape index (κ1) is 15.0. The Morgan fingerprint density at radius 3 is 2.75 bits per heavy atom. The zero-order valence-corrected chi connectivity index (χ0v) is 13.4. The maximum Gasteiger partial charge on any atom is 0.130 e. The summed E-state index contributed by atoms with van der Waals surface area (Å²) >= 11 is 3.44. The van der Waals surface area contributed by atoms with E-state index in [1.165, 1.54) is 0 Å². The molecule has 0 aliphatic carbocycles. The largest absolute Gasteiger partial charge is 0.457 e. The predicted molar refractivity (Wildman–Crippen MR) is 85.0 cm³/mol. The standard InChI is InChI=1S/C16H19BrN2O/c1-12(2)10-18-11-14-9-16(6-7-19-14)20-15-5-3-4-13(17)8-15/h3-9,12,18H,10-11H2,1-2H3. The van der Waals surface area contributed by atoms with Crippen LogP contribution in [-0.2, 0) is 6.54 Å². The first-order chi connectivity index (χ1) is 9.63. The zero-order valence-electron chi connectivity index (χ0n) is 11.8. The first-order valence-corrected chi connectivity index (χ1v) is 7.52. The van der Waals surface area contributed by atoms with Crippen molar-refractivity contribution < 1.29 is 4.74 Å². The number of hydrogen-bond acceptors (Lipinski definition) is 3. The fourth-order valence-electron chi connectivity index (χ4n) is 1.77. The van der Waals surface area contributed by atoms with E-state index < -0.39 is 0 Å². The Hall–Kier alpha value is -1.39. The van der Waals surface area contributed by atoms with Gasteiger partial charge in [0, 0.05) is 23.3 Å². The molecule has 0 amide bonds. The van der Waals surface area contributed by atoms with Crippen LogP contribution in [0.1, 0.15) is 19.5 Å². The van der Waals surface area contributed by atoms with E-state index in [1.807, 2.05) is 36.4 Å². The van der Waals surface area contributed by atoms with E-state index >= 15 is 0 Å². The summed E-state index contributed by atoms with van der Waals surface area (Å²) in [7, 11) is 0. The maximum atomic E-state index is 5.83. The number of halogens is 1. The molecular formula is C16H19BrN2O. The van der Waals surface area contributed by atoms with E-state index in [4.69, 9.17) is 4.74 Å². The number of aromatic nitrogens is 1. The second kappa shape index (κ2) is 7.41. The molecule has 0 saturated carbocycles. The lowest BCUT2D eigenvalue weighted by Crippen LogP contribution is -2.19. The summed E-state index contributed by atoms with van der Waals surface area (Å²) in [6.45, 7) is 6.12. The van der Waals surface area contributed by atoms with Gasteiger partial charge in [0.25, 0.3) is 0 Å². The zero-order chi connectivity index (χ0) is 14.4. The highest BCUT2D eigenvalue weighted by atomic mass is 79.9. The van der Waals surface area contributed by atoms with Crippen LogP contribution in [0.5, 0.6) is 11.5 Å². The van der Waals surface area contributed by atoms with E-state index in [9.17, 15) is 0 Å². The molecule has 0 atom stereocenters. The molecule has 20 heavy (non-hydrogen) atoms. The molecule has 0 saturated heterocycles.